The highest BCUT2D eigenvalue weighted by atomic mass is 32.2. The van der Waals surface area contributed by atoms with Crippen LogP contribution in [0.4, 0.5) is 21.8 Å². The van der Waals surface area contributed by atoms with E-state index in [0.717, 1.165) is 10.6 Å². The highest BCUT2D eigenvalue weighted by Crippen LogP contribution is 2.31. The van der Waals surface area contributed by atoms with Crippen molar-refractivity contribution in [2.45, 2.75) is 15.7 Å². The van der Waals surface area contributed by atoms with Crippen LogP contribution in [-0.2, 0) is 4.74 Å². The molecule has 0 atom stereocenters. The van der Waals surface area contributed by atoms with Crippen LogP contribution in [0.25, 0.3) is 0 Å². The minimum Gasteiger partial charge on any atom is -0.473 e. The largest absolute Gasteiger partial charge is 0.473 e. The second-order valence-electron chi connectivity index (χ2n) is 5.91. The van der Waals surface area contributed by atoms with Crippen molar-refractivity contribution in [2.75, 3.05) is 11.1 Å². The SMILES string of the molecule is Nc1nc(Nc2ccc(Sc3ccncc3)c(F)c2)cc(C2C=COC=C2)n1. The van der Waals surface area contributed by atoms with Gasteiger partial charge in [0.1, 0.15) is 11.6 Å². The molecule has 2 aromatic heterocycles. The lowest BCUT2D eigenvalue weighted by Gasteiger charge is -2.13. The summed E-state index contributed by atoms with van der Waals surface area (Å²) in [4.78, 5) is 13.9. The van der Waals surface area contributed by atoms with Gasteiger partial charge in [0.2, 0.25) is 5.95 Å². The fraction of sp³-hybridized carbons (Fsp3) is 0.0500. The topological polar surface area (TPSA) is 86.0 Å². The predicted octanol–water partition coefficient (Wildman–Crippen LogP) is 4.63. The molecule has 0 spiro atoms. The number of ether oxygens (including phenoxy) is 1. The van der Waals surface area contributed by atoms with Crippen molar-refractivity contribution in [2.24, 2.45) is 0 Å². The van der Waals surface area contributed by atoms with Gasteiger partial charge in [-0.15, -0.1) is 0 Å². The number of aromatic nitrogens is 3. The molecule has 0 aliphatic carbocycles. The number of pyridine rings is 1. The number of nitrogens with zero attached hydrogens (tertiary/aromatic N) is 3. The molecule has 0 fully saturated rings. The van der Waals surface area contributed by atoms with E-state index in [0.29, 0.717) is 16.4 Å². The Morgan fingerprint density at radius 2 is 1.82 bits per heavy atom. The molecule has 3 N–H and O–H groups in total. The number of nitrogens with one attached hydrogen (secondary N) is 1. The van der Waals surface area contributed by atoms with E-state index in [2.05, 4.69) is 20.3 Å². The summed E-state index contributed by atoms with van der Waals surface area (Å²) in [6.07, 6.45) is 10.2. The summed E-state index contributed by atoms with van der Waals surface area (Å²) < 4.78 is 19.6. The van der Waals surface area contributed by atoms with Crippen LogP contribution in [-0.4, -0.2) is 15.0 Å². The molecule has 8 heteroatoms. The second kappa shape index (κ2) is 8.10. The van der Waals surface area contributed by atoms with E-state index in [1.54, 1.807) is 43.1 Å². The first-order valence-electron chi connectivity index (χ1n) is 8.45. The molecule has 1 aromatic carbocycles. The van der Waals surface area contributed by atoms with Crippen molar-refractivity contribution in [3.05, 3.63) is 85.0 Å². The number of nitrogen functional groups attached to an aromatic ring is 1. The molecule has 0 radical (unpaired) electrons. The molecule has 1 aliphatic heterocycles. The van der Waals surface area contributed by atoms with Gasteiger partial charge in [-0.05, 0) is 42.5 Å². The number of hydrogen-bond donors (Lipinski definition) is 2. The third-order valence-corrected chi connectivity index (χ3v) is 4.97. The lowest BCUT2D eigenvalue weighted by molar-refractivity contribution is 0.390. The van der Waals surface area contributed by atoms with Crippen molar-refractivity contribution in [3.8, 4) is 0 Å². The third kappa shape index (κ3) is 4.29. The quantitative estimate of drug-likeness (QED) is 0.654. The van der Waals surface area contributed by atoms with Gasteiger partial charge in [0.05, 0.1) is 18.2 Å². The molecule has 3 heterocycles. The van der Waals surface area contributed by atoms with Gasteiger partial charge in [-0.1, -0.05) is 11.8 Å². The van der Waals surface area contributed by atoms with Gasteiger partial charge in [-0.3, -0.25) is 4.98 Å². The van der Waals surface area contributed by atoms with Gasteiger partial charge in [-0.2, -0.15) is 4.98 Å². The zero-order valence-electron chi connectivity index (χ0n) is 14.6. The predicted molar refractivity (Wildman–Crippen MR) is 107 cm³/mol. The van der Waals surface area contributed by atoms with E-state index < -0.39 is 0 Å². The first-order valence-corrected chi connectivity index (χ1v) is 9.27. The van der Waals surface area contributed by atoms with Crippen molar-refractivity contribution < 1.29 is 9.13 Å². The average molecular weight is 393 g/mol. The number of anilines is 3. The Morgan fingerprint density at radius 3 is 2.57 bits per heavy atom. The van der Waals surface area contributed by atoms with Gasteiger partial charge in [0, 0.05) is 39.9 Å². The van der Waals surface area contributed by atoms with E-state index in [1.165, 1.54) is 17.8 Å². The van der Waals surface area contributed by atoms with Gasteiger partial charge in [-0.25, -0.2) is 9.37 Å². The first kappa shape index (κ1) is 18.0. The molecule has 0 unspecified atom stereocenters. The molecule has 6 nitrogen and oxygen atoms in total. The fourth-order valence-electron chi connectivity index (χ4n) is 2.63. The highest BCUT2D eigenvalue weighted by Gasteiger charge is 2.13. The van der Waals surface area contributed by atoms with E-state index in [-0.39, 0.29) is 17.7 Å². The van der Waals surface area contributed by atoms with E-state index in [1.807, 2.05) is 24.3 Å². The van der Waals surface area contributed by atoms with E-state index in [4.69, 9.17) is 10.5 Å². The maximum Gasteiger partial charge on any atom is 0.222 e. The van der Waals surface area contributed by atoms with Crippen LogP contribution in [0.1, 0.15) is 11.6 Å². The van der Waals surface area contributed by atoms with Crippen molar-refractivity contribution in [1.29, 1.82) is 0 Å². The monoisotopic (exact) mass is 393 g/mol. The molecule has 0 bridgehead atoms. The molecule has 28 heavy (non-hydrogen) atoms. The summed E-state index contributed by atoms with van der Waals surface area (Å²) >= 11 is 1.34. The maximum atomic E-state index is 14.5. The summed E-state index contributed by atoms with van der Waals surface area (Å²) in [5.74, 6) is 0.239. The minimum atomic E-state index is -0.329. The van der Waals surface area contributed by atoms with Crippen LogP contribution in [0.3, 0.4) is 0 Å². The molecule has 140 valence electrons. The van der Waals surface area contributed by atoms with Crippen molar-refractivity contribution in [1.82, 2.24) is 15.0 Å². The lowest BCUT2D eigenvalue weighted by atomic mass is 10.0. The van der Waals surface area contributed by atoms with Gasteiger partial charge < -0.3 is 15.8 Å². The minimum absolute atomic E-state index is 0.0597. The molecular weight excluding hydrogens is 377 g/mol. The van der Waals surface area contributed by atoms with Crippen molar-refractivity contribution in [3.63, 3.8) is 0 Å². The third-order valence-electron chi connectivity index (χ3n) is 3.92. The Labute approximate surface area is 165 Å². The summed E-state index contributed by atoms with van der Waals surface area (Å²) in [6, 6.07) is 10.4. The molecule has 0 saturated carbocycles. The number of halogens is 1. The first-order chi connectivity index (χ1) is 13.7. The van der Waals surface area contributed by atoms with Gasteiger partial charge in [0.15, 0.2) is 0 Å². The average Bonchev–Trinajstić information content (AvgIpc) is 2.71. The van der Waals surface area contributed by atoms with Gasteiger partial charge in [0.25, 0.3) is 0 Å². The van der Waals surface area contributed by atoms with Crippen LogP contribution >= 0.6 is 11.8 Å². The molecule has 3 aromatic rings. The Hall–Kier alpha value is -3.39. The lowest BCUT2D eigenvalue weighted by Crippen LogP contribution is -2.06. The smallest absolute Gasteiger partial charge is 0.222 e. The Morgan fingerprint density at radius 1 is 1.04 bits per heavy atom. The molecule has 0 saturated heterocycles. The van der Waals surface area contributed by atoms with Crippen LogP contribution < -0.4 is 11.1 Å². The zero-order valence-corrected chi connectivity index (χ0v) is 15.4. The second-order valence-corrected chi connectivity index (χ2v) is 7.03. The Kier molecular flexibility index (Phi) is 5.20. The van der Waals surface area contributed by atoms with Crippen molar-refractivity contribution >= 4 is 29.2 Å². The molecule has 1 aliphatic rings. The Balaban J connectivity index is 1.53. The van der Waals surface area contributed by atoms with Crippen LogP contribution in [0.15, 0.2) is 83.3 Å². The van der Waals surface area contributed by atoms with Crippen LogP contribution in [0.2, 0.25) is 0 Å². The number of rotatable bonds is 5. The number of nitrogens with two attached hydrogens (primary N) is 1. The standard InChI is InChI=1S/C20H16FN5OS/c21-16-11-14(1-2-18(16)28-15-3-7-23-8-4-15)24-19-12-17(25-20(22)26-19)13-5-9-27-10-6-13/h1-13H,(H3,22,24,25,26). The highest BCUT2D eigenvalue weighted by molar-refractivity contribution is 7.99. The summed E-state index contributed by atoms with van der Waals surface area (Å²) in [5, 5.41) is 3.09. The van der Waals surface area contributed by atoms with E-state index >= 15 is 0 Å². The summed E-state index contributed by atoms with van der Waals surface area (Å²) in [5.41, 5.74) is 7.12. The number of allylic oxidation sites excluding steroid dienone is 2. The number of hydrogen-bond acceptors (Lipinski definition) is 7. The molecule has 0 amide bonds. The number of benzene rings is 1. The zero-order chi connectivity index (χ0) is 19.3. The summed E-state index contributed by atoms with van der Waals surface area (Å²) in [7, 11) is 0. The van der Waals surface area contributed by atoms with Gasteiger partial charge >= 0.3 is 0 Å². The summed E-state index contributed by atoms with van der Waals surface area (Å²) in [6.45, 7) is 0. The van der Waals surface area contributed by atoms with E-state index in [9.17, 15) is 4.39 Å². The normalized spacial score (nSPS) is 13.3. The van der Waals surface area contributed by atoms with Crippen LogP contribution in [0, 0.1) is 5.82 Å². The molecule has 4 rings (SSSR count). The fourth-order valence-corrected chi connectivity index (χ4v) is 3.43. The Bertz CT molecular complexity index is 1030. The van der Waals surface area contributed by atoms with Crippen LogP contribution in [0.5, 0.6) is 0 Å². The maximum absolute atomic E-state index is 14.5. The molecular formula is C20H16FN5OS.